The number of nitrogens with zero attached hydrogens (tertiary/aromatic N) is 4. The van der Waals surface area contributed by atoms with E-state index in [1.807, 2.05) is 19.9 Å². The number of amides is 1. The fourth-order valence-electron chi connectivity index (χ4n) is 3.61. The van der Waals surface area contributed by atoms with Crippen LogP contribution in [0.3, 0.4) is 0 Å². The molecule has 0 saturated carbocycles. The van der Waals surface area contributed by atoms with E-state index < -0.39 is 21.6 Å². The van der Waals surface area contributed by atoms with E-state index in [4.69, 9.17) is 11.6 Å². The standard InChI is InChI=1S/C24H21BrClFN4O3S/c1-14(2)31-13-17(11-28-31)24(32)30(21-7-6-18(27)10-22(21)35(3,33)34)12-15-4-5-16-9-19(26)23(25)29-20(16)8-15/h4-11,13-14H,12H2,1-3H3. The summed E-state index contributed by atoms with van der Waals surface area (Å²) in [4.78, 5) is 19.1. The van der Waals surface area contributed by atoms with Crippen molar-refractivity contribution in [2.45, 2.75) is 31.3 Å². The summed E-state index contributed by atoms with van der Waals surface area (Å²) < 4.78 is 41.2. The Morgan fingerprint density at radius 2 is 1.94 bits per heavy atom. The molecule has 2 heterocycles. The number of anilines is 1. The van der Waals surface area contributed by atoms with E-state index in [2.05, 4.69) is 26.0 Å². The van der Waals surface area contributed by atoms with Crippen LogP contribution in [-0.4, -0.2) is 35.3 Å². The minimum atomic E-state index is -3.85. The number of benzene rings is 2. The van der Waals surface area contributed by atoms with Gasteiger partial charge in [0.05, 0.1) is 39.4 Å². The van der Waals surface area contributed by atoms with Crippen LogP contribution < -0.4 is 4.90 Å². The largest absolute Gasteiger partial charge is 0.303 e. The lowest BCUT2D eigenvalue weighted by molar-refractivity contribution is 0.0984. The van der Waals surface area contributed by atoms with Gasteiger partial charge >= 0.3 is 0 Å². The van der Waals surface area contributed by atoms with E-state index in [9.17, 15) is 17.6 Å². The smallest absolute Gasteiger partial charge is 0.261 e. The van der Waals surface area contributed by atoms with Crippen LogP contribution in [0.4, 0.5) is 10.1 Å². The third kappa shape index (κ3) is 5.39. The number of carbonyl (C=O) groups excluding carboxylic acids is 1. The molecule has 0 aliphatic carbocycles. The molecule has 0 bridgehead atoms. The molecular formula is C24H21BrClFN4O3S. The summed E-state index contributed by atoms with van der Waals surface area (Å²) >= 11 is 9.46. The van der Waals surface area contributed by atoms with Crippen LogP contribution in [0.1, 0.15) is 35.8 Å². The van der Waals surface area contributed by atoms with Gasteiger partial charge in [-0.2, -0.15) is 5.10 Å². The number of pyridine rings is 1. The van der Waals surface area contributed by atoms with Gasteiger partial charge in [0.25, 0.3) is 5.91 Å². The number of rotatable bonds is 6. The fourth-order valence-corrected chi connectivity index (χ4v) is 4.96. The molecule has 182 valence electrons. The zero-order chi connectivity index (χ0) is 25.5. The molecule has 35 heavy (non-hydrogen) atoms. The summed E-state index contributed by atoms with van der Waals surface area (Å²) in [5.74, 6) is -1.19. The van der Waals surface area contributed by atoms with Gasteiger partial charge in [0.1, 0.15) is 10.4 Å². The van der Waals surface area contributed by atoms with E-state index >= 15 is 0 Å². The van der Waals surface area contributed by atoms with Gasteiger partial charge in [-0.3, -0.25) is 9.48 Å². The first-order chi connectivity index (χ1) is 16.4. The van der Waals surface area contributed by atoms with Crippen LogP contribution in [0.25, 0.3) is 10.9 Å². The first-order valence-electron chi connectivity index (χ1n) is 10.5. The highest BCUT2D eigenvalue weighted by Crippen LogP contribution is 2.31. The van der Waals surface area contributed by atoms with Crippen molar-refractivity contribution < 1.29 is 17.6 Å². The lowest BCUT2D eigenvalue weighted by Crippen LogP contribution is -2.31. The number of hydrogen-bond donors (Lipinski definition) is 0. The molecule has 0 spiro atoms. The molecule has 11 heteroatoms. The van der Waals surface area contributed by atoms with Gasteiger partial charge < -0.3 is 4.90 Å². The highest BCUT2D eigenvalue weighted by atomic mass is 79.9. The third-order valence-electron chi connectivity index (χ3n) is 5.37. The lowest BCUT2D eigenvalue weighted by atomic mass is 10.1. The summed E-state index contributed by atoms with van der Waals surface area (Å²) in [6.07, 6.45) is 4.01. The Bertz CT molecular complexity index is 1560. The summed E-state index contributed by atoms with van der Waals surface area (Å²) in [5, 5.41) is 5.50. The summed E-state index contributed by atoms with van der Waals surface area (Å²) in [6, 6.07) is 10.5. The van der Waals surface area contributed by atoms with Crippen molar-refractivity contribution in [3.8, 4) is 0 Å². The quantitative estimate of drug-likeness (QED) is 0.269. The van der Waals surface area contributed by atoms with Gasteiger partial charge in [-0.15, -0.1) is 0 Å². The zero-order valence-corrected chi connectivity index (χ0v) is 22.2. The van der Waals surface area contributed by atoms with Gasteiger partial charge in [-0.25, -0.2) is 17.8 Å². The minimum Gasteiger partial charge on any atom is -0.303 e. The Labute approximate surface area is 215 Å². The molecule has 2 aromatic carbocycles. The monoisotopic (exact) mass is 578 g/mol. The average molecular weight is 580 g/mol. The number of fused-ring (bicyclic) bond motifs is 1. The molecule has 0 radical (unpaired) electrons. The second-order valence-corrected chi connectivity index (χ2v) is 11.5. The van der Waals surface area contributed by atoms with Crippen molar-refractivity contribution in [2.75, 3.05) is 11.2 Å². The first-order valence-corrected chi connectivity index (χ1v) is 13.6. The van der Waals surface area contributed by atoms with E-state index in [0.717, 1.165) is 23.8 Å². The van der Waals surface area contributed by atoms with E-state index in [1.165, 1.54) is 17.2 Å². The Morgan fingerprint density at radius 3 is 2.60 bits per heavy atom. The number of carbonyl (C=O) groups is 1. The van der Waals surface area contributed by atoms with Crippen molar-refractivity contribution in [3.05, 3.63) is 81.4 Å². The number of sulfone groups is 1. The van der Waals surface area contributed by atoms with Crippen molar-refractivity contribution in [2.24, 2.45) is 0 Å². The predicted molar refractivity (Wildman–Crippen MR) is 137 cm³/mol. The van der Waals surface area contributed by atoms with Crippen LogP contribution in [0, 0.1) is 5.82 Å². The number of halogens is 3. The minimum absolute atomic E-state index is 0.0116. The lowest BCUT2D eigenvalue weighted by Gasteiger charge is -2.25. The van der Waals surface area contributed by atoms with Gasteiger partial charge in [-0.05, 0) is 65.7 Å². The second-order valence-electron chi connectivity index (χ2n) is 8.37. The molecule has 0 unspecified atom stereocenters. The van der Waals surface area contributed by atoms with Crippen LogP contribution in [0.5, 0.6) is 0 Å². The van der Waals surface area contributed by atoms with E-state index in [-0.39, 0.29) is 28.7 Å². The molecule has 0 saturated heterocycles. The maximum Gasteiger partial charge on any atom is 0.261 e. The molecule has 0 atom stereocenters. The molecule has 0 aliphatic rings. The Kier molecular flexibility index (Phi) is 6.99. The van der Waals surface area contributed by atoms with Gasteiger partial charge in [0.15, 0.2) is 9.84 Å². The Morgan fingerprint density at radius 1 is 1.20 bits per heavy atom. The van der Waals surface area contributed by atoms with Crippen molar-refractivity contribution in [1.82, 2.24) is 14.8 Å². The topological polar surface area (TPSA) is 85.2 Å². The van der Waals surface area contributed by atoms with Crippen LogP contribution in [0.2, 0.25) is 5.02 Å². The highest BCUT2D eigenvalue weighted by molar-refractivity contribution is 9.10. The van der Waals surface area contributed by atoms with Crippen LogP contribution in [0.15, 0.2) is 64.4 Å². The molecule has 1 amide bonds. The number of hydrogen-bond acceptors (Lipinski definition) is 5. The van der Waals surface area contributed by atoms with Crippen molar-refractivity contribution in [3.63, 3.8) is 0 Å². The molecule has 2 aromatic heterocycles. The van der Waals surface area contributed by atoms with E-state index in [0.29, 0.717) is 20.7 Å². The molecule has 0 fully saturated rings. The maximum absolute atomic E-state index is 14.0. The van der Waals surface area contributed by atoms with Crippen LogP contribution >= 0.6 is 27.5 Å². The third-order valence-corrected chi connectivity index (χ3v) is 7.62. The zero-order valence-electron chi connectivity index (χ0n) is 19.0. The highest BCUT2D eigenvalue weighted by Gasteiger charge is 2.26. The van der Waals surface area contributed by atoms with Gasteiger partial charge in [0, 0.05) is 23.9 Å². The summed E-state index contributed by atoms with van der Waals surface area (Å²) in [7, 11) is -3.85. The Hall–Kier alpha value is -2.82. The number of aromatic nitrogens is 3. The summed E-state index contributed by atoms with van der Waals surface area (Å²) in [6.45, 7) is 3.86. The average Bonchev–Trinajstić information content (AvgIpc) is 3.28. The SMILES string of the molecule is CC(C)n1cc(C(=O)N(Cc2ccc3cc(Cl)c(Br)nc3c2)c2ccc(F)cc2S(C)(=O)=O)cn1. The molecule has 4 aromatic rings. The maximum atomic E-state index is 14.0. The molecule has 0 N–H and O–H groups in total. The first kappa shape index (κ1) is 25.3. The molecular weight excluding hydrogens is 559 g/mol. The van der Waals surface area contributed by atoms with Crippen molar-refractivity contribution in [1.29, 1.82) is 0 Å². The molecule has 4 rings (SSSR count). The second kappa shape index (κ2) is 9.67. The fraction of sp³-hybridized carbons (Fsp3) is 0.208. The van der Waals surface area contributed by atoms with Gasteiger partial charge in [-0.1, -0.05) is 23.7 Å². The van der Waals surface area contributed by atoms with Gasteiger partial charge in [0.2, 0.25) is 0 Å². The predicted octanol–water partition coefficient (Wildman–Crippen LogP) is 5.82. The molecule has 7 nitrogen and oxygen atoms in total. The van der Waals surface area contributed by atoms with E-state index in [1.54, 1.807) is 29.1 Å². The molecule has 0 aliphatic heterocycles. The normalized spacial score (nSPS) is 11.9. The van der Waals surface area contributed by atoms with Crippen LogP contribution in [-0.2, 0) is 16.4 Å². The Balaban J connectivity index is 1.84. The summed E-state index contributed by atoms with van der Waals surface area (Å²) in [5.41, 5.74) is 1.67. The van der Waals surface area contributed by atoms with Crippen molar-refractivity contribution >= 4 is 59.9 Å².